The topological polar surface area (TPSA) is 60.2 Å². The molecule has 0 saturated heterocycles. The minimum absolute atomic E-state index is 0.158. The molecule has 1 aromatic carbocycles. The molecule has 110 valence electrons. The van der Waals surface area contributed by atoms with Crippen molar-refractivity contribution in [1.29, 1.82) is 5.26 Å². The standard InChI is InChI=1S/C16H19FN4/c17-8-9-19-16(20-10-18)21-15-7-6-13-12-3-1-2-11(12)4-5-14(13)15/h4-5,15H,1-3,6-9H2,(H2,19,20,21). The largest absolute Gasteiger partial charge is 0.353 e. The molecular formula is C16H19FN4. The van der Waals surface area contributed by atoms with E-state index in [0.29, 0.717) is 5.96 Å². The molecule has 2 aliphatic rings. The maximum absolute atomic E-state index is 12.3. The molecule has 1 unspecified atom stereocenters. The Morgan fingerprint density at radius 3 is 3.05 bits per heavy atom. The molecule has 0 aliphatic heterocycles. The Labute approximate surface area is 124 Å². The summed E-state index contributed by atoms with van der Waals surface area (Å²) in [4.78, 5) is 3.70. The Morgan fingerprint density at radius 1 is 1.33 bits per heavy atom. The molecule has 0 fully saturated rings. The normalized spacial score (nSPS) is 19.8. The molecule has 0 bridgehead atoms. The lowest BCUT2D eigenvalue weighted by molar-refractivity contribution is 0.487. The van der Waals surface area contributed by atoms with E-state index in [1.807, 2.05) is 0 Å². The van der Waals surface area contributed by atoms with Crippen LogP contribution in [0.15, 0.2) is 17.1 Å². The number of hydrogen-bond acceptors (Lipinski definition) is 2. The second kappa shape index (κ2) is 6.13. The summed E-state index contributed by atoms with van der Waals surface area (Å²) < 4.78 is 12.3. The number of nitrogens with one attached hydrogen (secondary N) is 2. The molecule has 0 spiro atoms. The molecule has 0 aromatic heterocycles. The molecule has 4 nitrogen and oxygen atoms in total. The van der Waals surface area contributed by atoms with E-state index in [-0.39, 0.29) is 12.6 Å². The first-order chi connectivity index (χ1) is 10.3. The van der Waals surface area contributed by atoms with Gasteiger partial charge in [-0.05, 0) is 54.4 Å². The number of aliphatic imine (C=N–C) groups is 1. The average molecular weight is 286 g/mol. The first-order valence-electron chi connectivity index (χ1n) is 7.50. The molecule has 0 amide bonds. The van der Waals surface area contributed by atoms with Gasteiger partial charge in [-0.2, -0.15) is 5.26 Å². The fourth-order valence-electron chi connectivity index (χ4n) is 3.48. The van der Waals surface area contributed by atoms with E-state index in [1.165, 1.54) is 41.5 Å². The summed E-state index contributed by atoms with van der Waals surface area (Å²) in [7, 11) is 0. The van der Waals surface area contributed by atoms with Gasteiger partial charge in [0.25, 0.3) is 0 Å². The molecule has 0 heterocycles. The number of benzene rings is 1. The average Bonchev–Trinajstić information content (AvgIpc) is 3.11. The third kappa shape index (κ3) is 2.71. The number of alkyl halides is 1. The Hall–Kier alpha value is -2.09. The minimum atomic E-state index is -0.485. The van der Waals surface area contributed by atoms with Crippen LogP contribution >= 0.6 is 0 Å². The highest BCUT2D eigenvalue weighted by atomic mass is 19.1. The fraction of sp³-hybridized carbons (Fsp3) is 0.500. The SMILES string of the molecule is N#C/N=C(\NCCF)NC1CCc2c1ccc1c2CCC1. The van der Waals surface area contributed by atoms with Crippen LogP contribution in [0.3, 0.4) is 0 Å². The van der Waals surface area contributed by atoms with Crippen LogP contribution < -0.4 is 10.6 Å². The van der Waals surface area contributed by atoms with E-state index in [4.69, 9.17) is 5.26 Å². The smallest absolute Gasteiger partial charge is 0.209 e. The van der Waals surface area contributed by atoms with Gasteiger partial charge in [0.05, 0.1) is 6.04 Å². The van der Waals surface area contributed by atoms with E-state index in [2.05, 4.69) is 27.8 Å². The van der Waals surface area contributed by atoms with Crippen molar-refractivity contribution in [3.63, 3.8) is 0 Å². The Balaban J connectivity index is 1.78. The van der Waals surface area contributed by atoms with E-state index in [1.54, 1.807) is 6.19 Å². The predicted octanol–water partition coefficient (Wildman–Crippen LogP) is 2.15. The van der Waals surface area contributed by atoms with Crippen molar-refractivity contribution in [3.8, 4) is 6.19 Å². The van der Waals surface area contributed by atoms with Crippen molar-refractivity contribution in [3.05, 3.63) is 34.4 Å². The van der Waals surface area contributed by atoms with Gasteiger partial charge in [0.1, 0.15) is 6.67 Å². The maximum atomic E-state index is 12.3. The summed E-state index contributed by atoms with van der Waals surface area (Å²) in [6, 6.07) is 4.59. The quantitative estimate of drug-likeness (QED) is 0.508. The van der Waals surface area contributed by atoms with Crippen LogP contribution in [0.4, 0.5) is 4.39 Å². The zero-order chi connectivity index (χ0) is 14.7. The summed E-state index contributed by atoms with van der Waals surface area (Å²) in [6.45, 7) is -0.321. The van der Waals surface area contributed by atoms with E-state index in [9.17, 15) is 4.39 Å². The Morgan fingerprint density at radius 2 is 2.24 bits per heavy atom. The summed E-state index contributed by atoms with van der Waals surface area (Å²) >= 11 is 0. The molecule has 1 aromatic rings. The van der Waals surface area contributed by atoms with Crippen molar-refractivity contribution in [1.82, 2.24) is 10.6 Å². The third-order valence-electron chi connectivity index (χ3n) is 4.36. The summed E-state index contributed by atoms with van der Waals surface area (Å²) in [5.41, 5.74) is 5.82. The first kappa shape index (κ1) is 13.9. The number of hydrogen-bond donors (Lipinski definition) is 2. The summed E-state index contributed by atoms with van der Waals surface area (Å²) in [5, 5.41) is 14.8. The zero-order valence-corrected chi connectivity index (χ0v) is 12.0. The first-order valence-corrected chi connectivity index (χ1v) is 7.50. The van der Waals surface area contributed by atoms with Crippen molar-refractivity contribution in [2.45, 2.75) is 38.1 Å². The summed E-state index contributed by atoms with van der Waals surface area (Å²) in [5.74, 6) is 0.369. The van der Waals surface area contributed by atoms with E-state index < -0.39 is 6.67 Å². The van der Waals surface area contributed by atoms with Crippen LogP contribution in [0, 0.1) is 11.5 Å². The van der Waals surface area contributed by atoms with Gasteiger partial charge in [-0.15, -0.1) is 4.99 Å². The van der Waals surface area contributed by atoms with Crippen molar-refractivity contribution >= 4 is 5.96 Å². The lowest BCUT2D eigenvalue weighted by Crippen LogP contribution is -2.39. The second-order valence-electron chi connectivity index (χ2n) is 5.54. The van der Waals surface area contributed by atoms with Crippen LogP contribution in [0.1, 0.15) is 41.1 Å². The number of rotatable bonds is 3. The molecule has 1 atom stereocenters. The Bertz CT molecular complexity index is 603. The molecule has 2 N–H and O–H groups in total. The number of aryl methyl sites for hydroxylation is 1. The fourth-order valence-corrected chi connectivity index (χ4v) is 3.48. The highest BCUT2D eigenvalue weighted by Crippen LogP contribution is 2.37. The molecule has 0 saturated carbocycles. The Kier molecular flexibility index (Phi) is 4.05. The monoisotopic (exact) mass is 286 g/mol. The molecule has 2 aliphatic carbocycles. The van der Waals surface area contributed by atoms with Gasteiger partial charge >= 0.3 is 0 Å². The van der Waals surface area contributed by atoms with Crippen LogP contribution in [0.25, 0.3) is 0 Å². The van der Waals surface area contributed by atoms with Gasteiger partial charge in [0.15, 0.2) is 0 Å². The number of fused-ring (bicyclic) bond motifs is 3. The maximum Gasteiger partial charge on any atom is 0.209 e. The van der Waals surface area contributed by atoms with Gasteiger partial charge in [0, 0.05) is 6.54 Å². The van der Waals surface area contributed by atoms with Gasteiger partial charge in [-0.3, -0.25) is 0 Å². The van der Waals surface area contributed by atoms with Gasteiger partial charge < -0.3 is 10.6 Å². The number of nitriles is 1. The van der Waals surface area contributed by atoms with Crippen LogP contribution in [-0.4, -0.2) is 19.2 Å². The summed E-state index contributed by atoms with van der Waals surface area (Å²) in [6.07, 6.45) is 7.45. The lowest BCUT2D eigenvalue weighted by atomic mass is 9.99. The molecule has 5 heteroatoms. The number of halogens is 1. The van der Waals surface area contributed by atoms with Gasteiger partial charge in [0.2, 0.25) is 12.2 Å². The van der Waals surface area contributed by atoms with Crippen LogP contribution in [0.2, 0.25) is 0 Å². The van der Waals surface area contributed by atoms with E-state index in [0.717, 1.165) is 12.8 Å². The number of guanidine groups is 1. The highest BCUT2D eigenvalue weighted by molar-refractivity contribution is 5.81. The molecule has 0 radical (unpaired) electrons. The van der Waals surface area contributed by atoms with Crippen molar-refractivity contribution in [2.75, 3.05) is 13.2 Å². The zero-order valence-electron chi connectivity index (χ0n) is 12.0. The third-order valence-corrected chi connectivity index (χ3v) is 4.36. The van der Waals surface area contributed by atoms with Crippen molar-refractivity contribution in [2.24, 2.45) is 4.99 Å². The van der Waals surface area contributed by atoms with Crippen LogP contribution in [0.5, 0.6) is 0 Å². The second-order valence-corrected chi connectivity index (χ2v) is 5.54. The van der Waals surface area contributed by atoms with Gasteiger partial charge in [-0.25, -0.2) is 4.39 Å². The van der Waals surface area contributed by atoms with E-state index >= 15 is 0 Å². The molecule has 3 rings (SSSR count). The predicted molar refractivity (Wildman–Crippen MR) is 79.7 cm³/mol. The van der Waals surface area contributed by atoms with Gasteiger partial charge in [-0.1, -0.05) is 12.1 Å². The highest BCUT2D eigenvalue weighted by Gasteiger charge is 2.28. The molecule has 21 heavy (non-hydrogen) atoms. The minimum Gasteiger partial charge on any atom is -0.353 e. The van der Waals surface area contributed by atoms with Crippen LogP contribution in [-0.2, 0) is 19.3 Å². The number of nitrogens with zero attached hydrogens (tertiary/aromatic N) is 2. The molecular weight excluding hydrogens is 267 g/mol. The van der Waals surface area contributed by atoms with Crippen molar-refractivity contribution < 1.29 is 4.39 Å². The lowest BCUT2D eigenvalue weighted by Gasteiger charge is -2.17.